The average Bonchev–Trinajstić information content (AvgIpc) is 2.80. The minimum absolute atomic E-state index is 0.146. The van der Waals surface area contributed by atoms with Gasteiger partial charge in [-0.25, -0.2) is 8.78 Å². The molecule has 1 aliphatic carbocycles. The molecule has 120 valence electrons. The lowest BCUT2D eigenvalue weighted by Gasteiger charge is -2.41. The monoisotopic (exact) mass is 336 g/mol. The summed E-state index contributed by atoms with van der Waals surface area (Å²) in [5, 5.41) is 10.1. The van der Waals surface area contributed by atoms with Crippen LogP contribution in [0.1, 0.15) is 30.4 Å². The Hall–Kier alpha value is -1.81. The normalized spacial score (nSPS) is 27.9. The van der Waals surface area contributed by atoms with Crippen molar-refractivity contribution in [3.05, 3.63) is 58.6 Å². The van der Waals surface area contributed by atoms with Gasteiger partial charge in [0.15, 0.2) is 0 Å². The fraction of sp³-hybridized carbons (Fsp3) is 0.333. The van der Waals surface area contributed by atoms with Gasteiger partial charge in [0.25, 0.3) is 5.92 Å². The highest BCUT2D eigenvalue weighted by Crippen LogP contribution is 2.57. The number of ether oxygens (including phenoxy) is 1. The first-order valence-corrected chi connectivity index (χ1v) is 7.93. The number of hydrogen-bond acceptors (Lipinski definition) is 2. The molecule has 2 nitrogen and oxygen atoms in total. The maximum Gasteiger partial charge on any atom is 0.251 e. The molecule has 2 aromatic carbocycles. The lowest BCUT2D eigenvalue weighted by Crippen LogP contribution is -2.48. The zero-order chi connectivity index (χ0) is 16.2. The molecule has 0 radical (unpaired) electrons. The number of halogens is 3. The van der Waals surface area contributed by atoms with Crippen LogP contribution in [0.5, 0.6) is 11.5 Å². The molecule has 0 saturated heterocycles. The van der Waals surface area contributed by atoms with E-state index in [2.05, 4.69) is 0 Å². The second kappa shape index (κ2) is 4.84. The maximum absolute atomic E-state index is 13.9. The van der Waals surface area contributed by atoms with Gasteiger partial charge in [0.1, 0.15) is 17.6 Å². The van der Waals surface area contributed by atoms with Gasteiger partial charge in [-0.3, -0.25) is 0 Å². The summed E-state index contributed by atoms with van der Waals surface area (Å²) in [5.41, 5.74) is 1.09. The van der Waals surface area contributed by atoms with Gasteiger partial charge in [-0.05, 0) is 42.3 Å². The molecule has 0 bridgehead atoms. The van der Waals surface area contributed by atoms with E-state index in [1.54, 1.807) is 36.4 Å². The van der Waals surface area contributed by atoms with Crippen molar-refractivity contribution in [3.63, 3.8) is 0 Å². The van der Waals surface area contributed by atoms with E-state index in [1.807, 2.05) is 6.07 Å². The SMILES string of the molecule is Oc1ccc(C23CCC(F)(F)CC2Oc2ccc(Cl)cc23)cc1. The fourth-order valence-electron chi connectivity index (χ4n) is 3.89. The Morgan fingerprint density at radius 3 is 2.57 bits per heavy atom. The predicted molar refractivity (Wildman–Crippen MR) is 83.6 cm³/mol. The minimum Gasteiger partial charge on any atom is -0.508 e. The molecule has 1 N–H and O–H groups in total. The molecule has 0 aromatic heterocycles. The lowest BCUT2D eigenvalue weighted by molar-refractivity contribution is -0.0829. The van der Waals surface area contributed by atoms with E-state index in [-0.39, 0.29) is 25.0 Å². The highest BCUT2D eigenvalue weighted by molar-refractivity contribution is 6.30. The third-order valence-electron chi connectivity index (χ3n) is 4.99. The molecule has 0 spiro atoms. The molecule has 2 aliphatic rings. The molecule has 1 heterocycles. The van der Waals surface area contributed by atoms with Gasteiger partial charge in [-0.2, -0.15) is 0 Å². The van der Waals surface area contributed by atoms with Crippen LogP contribution < -0.4 is 4.74 Å². The van der Waals surface area contributed by atoms with Crippen LogP contribution in [0.4, 0.5) is 8.78 Å². The Morgan fingerprint density at radius 1 is 1.09 bits per heavy atom. The lowest BCUT2D eigenvalue weighted by atomic mass is 9.64. The summed E-state index contributed by atoms with van der Waals surface area (Å²) >= 11 is 6.14. The molecule has 0 amide bonds. The Bertz CT molecular complexity index is 760. The van der Waals surface area contributed by atoms with Gasteiger partial charge in [-0.15, -0.1) is 0 Å². The van der Waals surface area contributed by atoms with Gasteiger partial charge in [0.05, 0.1) is 5.41 Å². The van der Waals surface area contributed by atoms with Crippen LogP contribution in [0.25, 0.3) is 0 Å². The average molecular weight is 337 g/mol. The molecule has 23 heavy (non-hydrogen) atoms. The molecule has 1 aliphatic heterocycles. The number of fused-ring (bicyclic) bond motifs is 3. The fourth-order valence-corrected chi connectivity index (χ4v) is 4.06. The summed E-state index contributed by atoms with van der Waals surface area (Å²) < 4.78 is 33.8. The van der Waals surface area contributed by atoms with E-state index in [0.717, 1.165) is 11.1 Å². The number of aromatic hydroxyl groups is 1. The largest absolute Gasteiger partial charge is 0.508 e. The smallest absolute Gasteiger partial charge is 0.251 e. The topological polar surface area (TPSA) is 29.5 Å². The maximum atomic E-state index is 13.9. The van der Waals surface area contributed by atoms with Crippen LogP contribution in [0.15, 0.2) is 42.5 Å². The van der Waals surface area contributed by atoms with Gasteiger partial charge in [-0.1, -0.05) is 23.7 Å². The first kappa shape index (κ1) is 14.8. The summed E-state index contributed by atoms with van der Waals surface area (Å²) in [7, 11) is 0. The van der Waals surface area contributed by atoms with E-state index in [4.69, 9.17) is 16.3 Å². The third kappa shape index (κ3) is 2.19. The zero-order valence-electron chi connectivity index (χ0n) is 12.2. The zero-order valence-corrected chi connectivity index (χ0v) is 13.0. The molecule has 2 aromatic rings. The van der Waals surface area contributed by atoms with Gasteiger partial charge in [0.2, 0.25) is 0 Å². The van der Waals surface area contributed by atoms with E-state index in [0.29, 0.717) is 10.8 Å². The number of phenols is 1. The van der Waals surface area contributed by atoms with Crippen molar-refractivity contribution in [2.75, 3.05) is 0 Å². The second-order valence-electron chi connectivity index (χ2n) is 6.33. The van der Waals surface area contributed by atoms with Crippen molar-refractivity contribution in [2.24, 2.45) is 0 Å². The van der Waals surface area contributed by atoms with Crippen LogP contribution in [0.2, 0.25) is 5.02 Å². The number of benzene rings is 2. The summed E-state index contributed by atoms with van der Waals surface area (Å²) in [5.74, 6) is -1.96. The van der Waals surface area contributed by atoms with Crippen LogP contribution in [0, 0.1) is 0 Å². The van der Waals surface area contributed by atoms with Gasteiger partial charge < -0.3 is 9.84 Å². The van der Waals surface area contributed by atoms with Crippen LogP contribution >= 0.6 is 11.6 Å². The minimum atomic E-state index is -2.73. The first-order valence-electron chi connectivity index (χ1n) is 7.55. The summed E-state index contributed by atoms with van der Waals surface area (Å²) in [6.07, 6.45) is -0.868. The number of alkyl halides is 2. The second-order valence-corrected chi connectivity index (χ2v) is 6.76. The Labute approximate surface area is 137 Å². The van der Waals surface area contributed by atoms with Gasteiger partial charge >= 0.3 is 0 Å². The molecule has 1 fully saturated rings. The molecule has 5 heteroatoms. The molecule has 4 rings (SSSR count). The van der Waals surface area contributed by atoms with Crippen molar-refractivity contribution >= 4 is 11.6 Å². The highest BCUT2D eigenvalue weighted by atomic mass is 35.5. The molecule has 1 saturated carbocycles. The Morgan fingerprint density at radius 2 is 1.83 bits per heavy atom. The van der Waals surface area contributed by atoms with Crippen LogP contribution in [-0.2, 0) is 5.41 Å². The van der Waals surface area contributed by atoms with Crippen molar-refractivity contribution in [2.45, 2.75) is 36.7 Å². The third-order valence-corrected chi connectivity index (χ3v) is 5.23. The van der Waals surface area contributed by atoms with E-state index in [1.165, 1.54) is 0 Å². The number of rotatable bonds is 1. The quantitative estimate of drug-likeness (QED) is 0.801. The van der Waals surface area contributed by atoms with E-state index >= 15 is 0 Å². The Balaban J connectivity index is 1.91. The van der Waals surface area contributed by atoms with E-state index < -0.39 is 17.4 Å². The van der Waals surface area contributed by atoms with Crippen LogP contribution in [-0.4, -0.2) is 17.1 Å². The molecular formula is C18H15ClF2O2. The Kier molecular flexibility index (Phi) is 3.11. The number of hydrogen-bond donors (Lipinski definition) is 1. The van der Waals surface area contributed by atoms with E-state index in [9.17, 15) is 13.9 Å². The first-order chi connectivity index (χ1) is 10.9. The van der Waals surface area contributed by atoms with Crippen molar-refractivity contribution in [1.29, 1.82) is 0 Å². The van der Waals surface area contributed by atoms with Crippen molar-refractivity contribution in [1.82, 2.24) is 0 Å². The van der Waals surface area contributed by atoms with Crippen molar-refractivity contribution < 1.29 is 18.6 Å². The predicted octanol–water partition coefficient (Wildman–Crippen LogP) is 4.91. The molecule has 2 unspecified atom stereocenters. The highest BCUT2D eigenvalue weighted by Gasteiger charge is 2.57. The van der Waals surface area contributed by atoms with Crippen LogP contribution in [0.3, 0.4) is 0 Å². The summed E-state index contributed by atoms with van der Waals surface area (Å²) in [6, 6.07) is 12.0. The molecule has 2 atom stereocenters. The standard InChI is InChI=1S/C18H15ClF2O2/c19-12-3-6-15-14(9-12)18(11-1-4-13(22)5-2-11)8-7-17(20,21)10-16(18)23-15/h1-6,9,16,22H,7-8,10H2. The van der Waals surface area contributed by atoms with Gasteiger partial charge in [0, 0.05) is 23.4 Å². The summed E-state index contributed by atoms with van der Waals surface area (Å²) in [6.45, 7) is 0. The summed E-state index contributed by atoms with van der Waals surface area (Å²) in [4.78, 5) is 0. The molecular weight excluding hydrogens is 322 g/mol. The number of phenolic OH excluding ortho intramolecular Hbond substituents is 1. The van der Waals surface area contributed by atoms with Crippen molar-refractivity contribution in [3.8, 4) is 11.5 Å².